The number of thioether (sulfide) groups is 1. The molecule has 0 saturated carbocycles. The van der Waals surface area contributed by atoms with Crippen LogP contribution in [0.15, 0.2) is 41.7 Å². The molecule has 0 fully saturated rings. The number of aromatic nitrogens is 3. The first-order valence-corrected chi connectivity index (χ1v) is 8.06. The maximum Gasteiger partial charge on any atom is 0.157 e. The van der Waals surface area contributed by atoms with Crippen molar-refractivity contribution in [2.45, 2.75) is 25.4 Å². The largest absolute Gasteiger partial charge is 0.355 e. The Hall–Kier alpha value is -1.82. The molecule has 1 aliphatic heterocycles. The monoisotopic (exact) mass is 301 g/mol. The van der Waals surface area contributed by atoms with Crippen molar-refractivity contribution in [2.24, 2.45) is 12.0 Å². The van der Waals surface area contributed by atoms with Gasteiger partial charge in [0, 0.05) is 12.8 Å². The molecule has 0 radical (unpaired) electrons. The fraction of sp³-hybridized carbons (Fsp3) is 0.400. The van der Waals surface area contributed by atoms with E-state index in [9.17, 15) is 0 Å². The quantitative estimate of drug-likeness (QED) is 0.940. The van der Waals surface area contributed by atoms with Gasteiger partial charge in [-0.3, -0.25) is 4.99 Å². The van der Waals surface area contributed by atoms with Gasteiger partial charge in [0.15, 0.2) is 11.0 Å². The number of hydrogen-bond acceptors (Lipinski definition) is 5. The molecule has 2 aromatic rings. The Kier molecular flexibility index (Phi) is 4.24. The lowest BCUT2D eigenvalue weighted by Crippen LogP contribution is -2.25. The Bertz CT molecular complexity index is 622. The van der Waals surface area contributed by atoms with Crippen LogP contribution in [0.2, 0.25) is 0 Å². The highest BCUT2D eigenvalue weighted by molar-refractivity contribution is 8.14. The molecule has 2 unspecified atom stereocenters. The minimum atomic E-state index is 0.110. The van der Waals surface area contributed by atoms with Gasteiger partial charge in [-0.25, -0.2) is 0 Å². The third-order valence-electron chi connectivity index (χ3n) is 3.50. The first kappa shape index (κ1) is 14.1. The van der Waals surface area contributed by atoms with Gasteiger partial charge in [-0.05, 0) is 18.9 Å². The van der Waals surface area contributed by atoms with Gasteiger partial charge in [0.2, 0.25) is 0 Å². The molecule has 6 heteroatoms. The lowest BCUT2D eigenvalue weighted by molar-refractivity contribution is 0.627. The molecule has 1 aliphatic rings. The fourth-order valence-electron chi connectivity index (χ4n) is 2.42. The number of nitrogens with one attached hydrogen (secondary N) is 1. The van der Waals surface area contributed by atoms with Gasteiger partial charge in [-0.15, -0.1) is 10.2 Å². The molecule has 21 heavy (non-hydrogen) atoms. The van der Waals surface area contributed by atoms with Crippen molar-refractivity contribution >= 4 is 16.9 Å². The van der Waals surface area contributed by atoms with Crippen LogP contribution >= 0.6 is 11.8 Å². The molecule has 1 N–H and O–H groups in total. The highest BCUT2D eigenvalue weighted by Crippen LogP contribution is 2.22. The van der Waals surface area contributed by atoms with E-state index in [2.05, 4.69) is 46.7 Å². The number of amidine groups is 1. The second-order valence-electron chi connectivity index (χ2n) is 5.25. The van der Waals surface area contributed by atoms with Gasteiger partial charge in [-0.2, -0.15) is 0 Å². The second-order valence-corrected chi connectivity index (χ2v) is 6.26. The standard InChI is InChI=1S/C15H19N5S/c1-11(14-19-16-10-20(14)2)17-15-18-13(9-21-15)8-12-6-4-3-5-7-12/h3-7,10-11,13H,8-9H2,1-2H3,(H,17,18). The predicted molar refractivity (Wildman–Crippen MR) is 86.4 cm³/mol. The van der Waals surface area contributed by atoms with Gasteiger partial charge in [0.1, 0.15) is 6.33 Å². The van der Waals surface area contributed by atoms with Crippen LogP contribution in [0.5, 0.6) is 0 Å². The Morgan fingerprint density at radius 1 is 1.38 bits per heavy atom. The van der Waals surface area contributed by atoms with Crippen LogP contribution < -0.4 is 5.32 Å². The lowest BCUT2D eigenvalue weighted by atomic mass is 10.1. The average molecular weight is 301 g/mol. The van der Waals surface area contributed by atoms with E-state index in [0.29, 0.717) is 6.04 Å². The highest BCUT2D eigenvalue weighted by atomic mass is 32.2. The van der Waals surface area contributed by atoms with Crippen molar-refractivity contribution in [1.82, 2.24) is 20.1 Å². The summed E-state index contributed by atoms with van der Waals surface area (Å²) in [6.07, 6.45) is 2.71. The van der Waals surface area contributed by atoms with E-state index >= 15 is 0 Å². The number of aliphatic imine (C=N–C) groups is 1. The smallest absolute Gasteiger partial charge is 0.157 e. The zero-order chi connectivity index (χ0) is 14.7. The number of nitrogens with zero attached hydrogens (tertiary/aromatic N) is 4. The van der Waals surface area contributed by atoms with Gasteiger partial charge in [0.25, 0.3) is 0 Å². The van der Waals surface area contributed by atoms with Crippen LogP contribution in [0.3, 0.4) is 0 Å². The van der Waals surface area contributed by atoms with E-state index in [0.717, 1.165) is 23.2 Å². The molecule has 0 aliphatic carbocycles. The van der Waals surface area contributed by atoms with Crippen LogP contribution in [0.1, 0.15) is 24.4 Å². The number of hydrogen-bond donors (Lipinski definition) is 1. The van der Waals surface area contributed by atoms with Crippen LogP contribution in [-0.2, 0) is 13.5 Å². The molecule has 1 aromatic heterocycles. The number of aryl methyl sites for hydroxylation is 1. The van der Waals surface area contributed by atoms with Gasteiger partial charge >= 0.3 is 0 Å². The predicted octanol–water partition coefficient (Wildman–Crippen LogP) is 2.18. The maximum absolute atomic E-state index is 4.77. The summed E-state index contributed by atoms with van der Waals surface area (Å²) in [7, 11) is 1.95. The minimum Gasteiger partial charge on any atom is -0.355 e. The summed E-state index contributed by atoms with van der Waals surface area (Å²) < 4.78 is 1.93. The van der Waals surface area contributed by atoms with Gasteiger partial charge < -0.3 is 9.88 Å². The molecule has 0 saturated heterocycles. The molecular formula is C15H19N5S. The third-order valence-corrected chi connectivity index (χ3v) is 4.55. The summed E-state index contributed by atoms with van der Waals surface area (Å²) in [6, 6.07) is 11.0. The molecule has 1 aromatic carbocycles. The third kappa shape index (κ3) is 3.44. The molecule has 2 heterocycles. The summed E-state index contributed by atoms with van der Waals surface area (Å²) in [6.45, 7) is 2.08. The topological polar surface area (TPSA) is 55.1 Å². The van der Waals surface area contributed by atoms with Crippen LogP contribution in [-0.4, -0.2) is 31.7 Å². The van der Waals surface area contributed by atoms with Crippen molar-refractivity contribution < 1.29 is 0 Å². The summed E-state index contributed by atoms with van der Waals surface area (Å²) in [5.74, 6) is 1.95. The summed E-state index contributed by atoms with van der Waals surface area (Å²) in [5, 5.41) is 12.5. The first-order valence-electron chi connectivity index (χ1n) is 7.07. The molecule has 2 atom stereocenters. The summed E-state index contributed by atoms with van der Waals surface area (Å²) in [4.78, 5) is 4.77. The van der Waals surface area contributed by atoms with Crippen LogP contribution in [0.4, 0.5) is 0 Å². The molecular weight excluding hydrogens is 282 g/mol. The maximum atomic E-state index is 4.77. The minimum absolute atomic E-state index is 0.110. The molecule has 0 spiro atoms. The molecule has 3 rings (SSSR count). The van der Waals surface area contributed by atoms with E-state index < -0.39 is 0 Å². The zero-order valence-corrected chi connectivity index (χ0v) is 13.0. The Morgan fingerprint density at radius 3 is 2.90 bits per heavy atom. The van der Waals surface area contributed by atoms with Crippen LogP contribution in [0, 0.1) is 0 Å². The van der Waals surface area contributed by atoms with Crippen molar-refractivity contribution in [3.05, 3.63) is 48.0 Å². The number of benzene rings is 1. The molecule has 5 nitrogen and oxygen atoms in total. The van der Waals surface area contributed by atoms with E-state index in [1.54, 1.807) is 18.1 Å². The van der Waals surface area contributed by atoms with Gasteiger partial charge in [0.05, 0.1) is 12.1 Å². The van der Waals surface area contributed by atoms with Crippen LogP contribution in [0.25, 0.3) is 0 Å². The average Bonchev–Trinajstić information content (AvgIpc) is 3.09. The molecule has 0 bridgehead atoms. The van der Waals surface area contributed by atoms with E-state index in [1.165, 1.54) is 5.56 Å². The lowest BCUT2D eigenvalue weighted by Gasteiger charge is -2.13. The molecule has 110 valence electrons. The highest BCUT2D eigenvalue weighted by Gasteiger charge is 2.21. The number of rotatable bonds is 4. The Labute approximate surface area is 128 Å². The summed E-state index contributed by atoms with van der Waals surface area (Å²) >= 11 is 1.78. The Balaban J connectivity index is 1.60. The van der Waals surface area contributed by atoms with Crippen molar-refractivity contribution in [3.63, 3.8) is 0 Å². The van der Waals surface area contributed by atoms with Crippen molar-refractivity contribution in [2.75, 3.05) is 5.75 Å². The van der Waals surface area contributed by atoms with Crippen molar-refractivity contribution in [3.8, 4) is 0 Å². The van der Waals surface area contributed by atoms with Crippen molar-refractivity contribution in [1.29, 1.82) is 0 Å². The van der Waals surface area contributed by atoms with Gasteiger partial charge in [-0.1, -0.05) is 42.1 Å². The summed E-state index contributed by atoms with van der Waals surface area (Å²) in [5.41, 5.74) is 1.34. The SMILES string of the molecule is CC(NC1=NC(Cc2ccccc2)CS1)c1nncn1C. The second kappa shape index (κ2) is 6.30. The fourth-order valence-corrected chi connectivity index (χ4v) is 3.45. The van der Waals surface area contributed by atoms with E-state index in [1.807, 2.05) is 17.7 Å². The zero-order valence-electron chi connectivity index (χ0n) is 12.2. The first-order chi connectivity index (χ1) is 10.2. The van der Waals surface area contributed by atoms with E-state index in [4.69, 9.17) is 4.99 Å². The van der Waals surface area contributed by atoms with E-state index in [-0.39, 0.29) is 6.04 Å². The Morgan fingerprint density at radius 2 is 2.19 bits per heavy atom. The normalized spacial score (nSPS) is 19.3. The molecule has 0 amide bonds.